The molecule has 1 amide bonds. The zero-order valence-electron chi connectivity index (χ0n) is 31.5. The Morgan fingerprint density at radius 2 is 1.92 bits per heavy atom. The molecular formula is C41H58ClFN4O3S. The molecule has 51 heavy (non-hydrogen) atoms. The lowest BCUT2D eigenvalue weighted by molar-refractivity contribution is -0.000506. The third kappa shape index (κ3) is 8.59. The van der Waals surface area contributed by atoms with Crippen LogP contribution in [0.4, 0.5) is 10.1 Å². The third-order valence-electron chi connectivity index (χ3n) is 12.1. The molecule has 2 bridgehead atoms. The van der Waals surface area contributed by atoms with Gasteiger partial charge in [-0.1, -0.05) is 44.0 Å². The normalized spacial score (nSPS) is 30.9. The predicted molar refractivity (Wildman–Crippen MR) is 209 cm³/mol. The number of anilines is 1. The van der Waals surface area contributed by atoms with Crippen LogP contribution in [-0.4, -0.2) is 92.1 Å². The van der Waals surface area contributed by atoms with E-state index in [0.29, 0.717) is 55.3 Å². The molecule has 0 aromatic heterocycles. The first kappa shape index (κ1) is 38.4. The van der Waals surface area contributed by atoms with E-state index in [1.165, 1.54) is 17.5 Å². The Morgan fingerprint density at radius 3 is 2.69 bits per heavy atom. The minimum absolute atomic E-state index is 0.0162. The van der Waals surface area contributed by atoms with Crippen molar-refractivity contribution in [3.05, 3.63) is 69.5 Å². The number of benzene rings is 2. The average molecular weight is 741 g/mol. The number of amides is 1. The molecule has 2 aromatic rings. The predicted octanol–water partition coefficient (Wildman–Crippen LogP) is 8.28. The van der Waals surface area contributed by atoms with E-state index in [4.69, 9.17) is 21.1 Å². The van der Waals surface area contributed by atoms with E-state index in [2.05, 4.69) is 67.2 Å². The fraction of sp³-hybridized carbons (Fsp3) is 0.634. The van der Waals surface area contributed by atoms with Crippen molar-refractivity contribution in [1.82, 2.24) is 14.5 Å². The van der Waals surface area contributed by atoms with Gasteiger partial charge in [0.2, 0.25) is 0 Å². The van der Waals surface area contributed by atoms with Gasteiger partial charge in [0, 0.05) is 61.0 Å². The van der Waals surface area contributed by atoms with Gasteiger partial charge in [0.05, 0.1) is 30.0 Å². The number of fused-ring (bicyclic) bond motifs is 3. The molecule has 1 N–H and O–H groups in total. The Bertz CT molecular complexity index is 1560. The molecule has 7 nitrogen and oxygen atoms in total. The lowest BCUT2D eigenvalue weighted by Crippen LogP contribution is -2.55. The molecule has 1 spiro atoms. The highest BCUT2D eigenvalue weighted by atomic mass is 35.5. The molecule has 6 rings (SSSR count). The highest BCUT2D eigenvalue weighted by Crippen LogP contribution is 2.45. The van der Waals surface area contributed by atoms with Crippen LogP contribution in [0.5, 0.6) is 5.75 Å². The van der Waals surface area contributed by atoms with Crippen molar-refractivity contribution in [3.8, 4) is 5.75 Å². The van der Waals surface area contributed by atoms with E-state index in [0.717, 1.165) is 81.7 Å². The van der Waals surface area contributed by atoms with E-state index in [-0.39, 0.29) is 28.1 Å². The number of halogens is 2. The third-order valence-corrected chi connectivity index (χ3v) is 13.3. The number of piperazine rings is 1. The van der Waals surface area contributed by atoms with E-state index in [1.54, 1.807) is 6.07 Å². The minimum Gasteiger partial charge on any atom is -0.490 e. The Hall–Kier alpha value is -2.30. The second kappa shape index (κ2) is 16.8. The van der Waals surface area contributed by atoms with Crippen molar-refractivity contribution in [2.24, 2.45) is 5.92 Å². The summed E-state index contributed by atoms with van der Waals surface area (Å²) in [6.07, 6.45) is 8.61. The molecule has 280 valence electrons. The van der Waals surface area contributed by atoms with Crippen molar-refractivity contribution in [2.45, 2.75) is 108 Å². The number of hydrogen-bond acceptors (Lipinski definition) is 7. The number of ether oxygens (including phenoxy) is 2. The van der Waals surface area contributed by atoms with Crippen LogP contribution in [0.1, 0.15) is 94.6 Å². The summed E-state index contributed by atoms with van der Waals surface area (Å²) in [7, 11) is 2.23. The van der Waals surface area contributed by atoms with Crippen LogP contribution in [0.3, 0.4) is 0 Å². The van der Waals surface area contributed by atoms with Gasteiger partial charge in [0.25, 0.3) is 5.91 Å². The molecule has 10 heteroatoms. The van der Waals surface area contributed by atoms with Gasteiger partial charge < -0.3 is 14.4 Å². The quantitative estimate of drug-likeness (QED) is 0.245. The smallest absolute Gasteiger partial charge is 0.261 e. The van der Waals surface area contributed by atoms with E-state index in [9.17, 15) is 4.79 Å². The second-order valence-corrected chi connectivity index (χ2v) is 17.3. The number of carbonyl (C=O) groups is 1. The van der Waals surface area contributed by atoms with E-state index in [1.807, 2.05) is 24.3 Å². The molecule has 1 aliphatic carbocycles. The summed E-state index contributed by atoms with van der Waals surface area (Å²) in [6.45, 7) is 16.9. The van der Waals surface area contributed by atoms with Crippen LogP contribution < -0.4 is 14.4 Å². The number of hydrogen-bond donors (Lipinski definition) is 1. The van der Waals surface area contributed by atoms with Crippen LogP contribution in [0.15, 0.2) is 42.0 Å². The summed E-state index contributed by atoms with van der Waals surface area (Å²) in [5.74, 6) is 0.662. The van der Waals surface area contributed by atoms with Gasteiger partial charge in [0.1, 0.15) is 11.6 Å². The van der Waals surface area contributed by atoms with Crippen LogP contribution in [0.25, 0.3) is 0 Å². The molecule has 3 heterocycles. The summed E-state index contributed by atoms with van der Waals surface area (Å²) in [4.78, 5) is 20.9. The lowest BCUT2D eigenvalue weighted by Gasteiger charge is -2.42. The van der Waals surface area contributed by atoms with Gasteiger partial charge in [-0.3, -0.25) is 19.3 Å². The maximum absolute atomic E-state index is 15.5. The number of nitrogens with one attached hydrogen (secondary N) is 1. The largest absolute Gasteiger partial charge is 0.490 e. The van der Waals surface area contributed by atoms with E-state index >= 15 is 4.39 Å². The van der Waals surface area contributed by atoms with Crippen LogP contribution >= 0.6 is 23.5 Å². The van der Waals surface area contributed by atoms with Crippen molar-refractivity contribution in [1.29, 1.82) is 0 Å². The lowest BCUT2D eigenvalue weighted by atomic mass is 9.70. The second-order valence-electron chi connectivity index (χ2n) is 15.7. The van der Waals surface area contributed by atoms with Gasteiger partial charge in [0.15, 0.2) is 0 Å². The van der Waals surface area contributed by atoms with Crippen molar-refractivity contribution >= 4 is 35.1 Å². The molecule has 1 fully saturated rings. The standard InChI is InChI=1S/C41H58ClFN4O3S/c1-7-31-17-19-47-25-41(18-9-12-33-34(41)14-15-35(42)38(33)43)26-50-37-16-13-32(22-36(37)47)40(48)44-51-30(5)11-8-10-27(2)39(31)49-21-20-46-23-28(3)45(6)29(4)24-46/h10,13-16,22,28-31,39H,7-9,11-12,17-21,23-26H2,1-6H3,(H,44,48)/b27-10+. The topological polar surface area (TPSA) is 57.3 Å². The molecule has 6 unspecified atom stereocenters. The summed E-state index contributed by atoms with van der Waals surface area (Å²) in [5.41, 5.74) is 4.14. The van der Waals surface area contributed by atoms with Crippen LogP contribution in [0.2, 0.25) is 5.02 Å². The fourth-order valence-electron chi connectivity index (χ4n) is 8.80. The summed E-state index contributed by atoms with van der Waals surface area (Å²) < 4.78 is 32.1. The average Bonchev–Trinajstić information content (AvgIpc) is 3.27. The van der Waals surface area contributed by atoms with Gasteiger partial charge in [-0.2, -0.15) is 0 Å². The number of allylic oxidation sites excluding steroid dienone is 1. The first-order valence-electron chi connectivity index (χ1n) is 19.2. The molecular weight excluding hydrogens is 683 g/mol. The van der Waals surface area contributed by atoms with Crippen molar-refractivity contribution in [3.63, 3.8) is 0 Å². The first-order chi connectivity index (χ1) is 24.5. The van der Waals surface area contributed by atoms with Crippen molar-refractivity contribution in [2.75, 3.05) is 57.9 Å². The Kier molecular flexibility index (Phi) is 12.7. The van der Waals surface area contributed by atoms with Crippen LogP contribution in [0, 0.1) is 11.7 Å². The van der Waals surface area contributed by atoms with Gasteiger partial charge in [-0.25, -0.2) is 4.39 Å². The first-order valence-corrected chi connectivity index (χ1v) is 20.4. The maximum atomic E-state index is 15.5. The van der Waals surface area contributed by atoms with Gasteiger partial charge in [-0.05, 0) is 125 Å². The van der Waals surface area contributed by atoms with Gasteiger partial charge in [-0.15, -0.1) is 0 Å². The number of rotatable bonds is 5. The molecule has 1 saturated heterocycles. The van der Waals surface area contributed by atoms with E-state index < -0.39 is 5.41 Å². The SMILES string of the molecule is CCC1CCN2CC3(CCCc4c3ccc(Cl)c4F)COc3ccc(cc32)C(=O)NSC(C)CC/C=C(\C)C1OCCN1CC(C)N(C)C(C)C1. The molecule has 0 saturated carbocycles. The highest BCUT2D eigenvalue weighted by molar-refractivity contribution is 7.98. The zero-order valence-corrected chi connectivity index (χ0v) is 33.1. The zero-order chi connectivity index (χ0) is 36.3. The molecule has 3 aliphatic heterocycles. The molecule has 6 atom stereocenters. The number of likely N-dealkylation sites (N-methyl/N-ethyl adjacent to an activating group) is 1. The van der Waals surface area contributed by atoms with Crippen LogP contribution in [-0.2, 0) is 16.6 Å². The Balaban J connectivity index is 1.30. The Labute approximate surface area is 314 Å². The summed E-state index contributed by atoms with van der Waals surface area (Å²) in [6, 6.07) is 10.6. The minimum atomic E-state index is -0.406. The number of nitrogens with zero attached hydrogens (tertiary/aromatic N) is 3. The fourth-order valence-corrected chi connectivity index (χ4v) is 9.65. The summed E-state index contributed by atoms with van der Waals surface area (Å²) >= 11 is 7.78. The molecule has 2 aromatic carbocycles. The number of carbonyl (C=O) groups excluding carboxylic acids is 1. The van der Waals surface area contributed by atoms with Crippen molar-refractivity contribution < 1.29 is 18.7 Å². The highest BCUT2D eigenvalue weighted by Gasteiger charge is 2.43. The maximum Gasteiger partial charge on any atom is 0.261 e. The molecule has 4 aliphatic rings. The van der Waals surface area contributed by atoms with Gasteiger partial charge >= 0.3 is 0 Å². The molecule has 0 radical (unpaired) electrons. The summed E-state index contributed by atoms with van der Waals surface area (Å²) in [5, 5.41) is 0.433. The Morgan fingerprint density at radius 1 is 1.14 bits per heavy atom. The monoisotopic (exact) mass is 740 g/mol.